The van der Waals surface area contributed by atoms with Gasteiger partial charge < -0.3 is 4.42 Å². The van der Waals surface area contributed by atoms with E-state index in [0.717, 1.165) is 72.0 Å². The Hall–Kier alpha value is -8.21. The Bertz CT molecular complexity index is 3400. The number of para-hydroxylation sites is 1. The molecule has 0 atom stereocenters. The van der Waals surface area contributed by atoms with Crippen molar-refractivity contribution in [1.29, 1.82) is 0 Å². The normalized spacial score (nSPS) is 12.6. The summed E-state index contributed by atoms with van der Waals surface area (Å²) in [6.45, 7) is 0. The van der Waals surface area contributed by atoms with Gasteiger partial charge in [0.2, 0.25) is 0 Å². The fraction of sp³-hybridized carbons (Fsp3) is 0.0172. The van der Waals surface area contributed by atoms with Gasteiger partial charge in [0.05, 0.1) is 5.41 Å². The standard InChI is InChI=1S/C58H37N3O/c1-3-14-38(15-4-1)40-26-28-41(29-27-40)55-59-56(61-57(60-55)44-19-13-18-43(36-44)39-16-5-2-6-17-39)42-30-32-45(33-31-42)58(51-23-10-7-20-47(51)48-21-8-11-24-52(48)58)46-34-35-50-49-22-9-12-25-53(49)62-54(50)37-46/h1-37H. The fourth-order valence-electron chi connectivity index (χ4n) is 9.53. The minimum Gasteiger partial charge on any atom is -0.456 e. The Balaban J connectivity index is 1.02. The average molecular weight is 792 g/mol. The zero-order valence-corrected chi connectivity index (χ0v) is 33.6. The molecule has 1 aliphatic rings. The van der Waals surface area contributed by atoms with Gasteiger partial charge in [-0.15, -0.1) is 0 Å². The number of fused-ring (bicyclic) bond motifs is 6. The van der Waals surface area contributed by atoms with Gasteiger partial charge in [0, 0.05) is 27.5 Å². The summed E-state index contributed by atoms with van der Waals surface area (Å²) in [7, 11) is 0. The number of hydrogen-bond acceptors (Lipinski definition) is 4. The number of benzene rings is 9. The first kappa shape index (κ1) is 35.7. The van der Waals surface area contributed by atoms with Crippen LogP contribution in [0.4, 0.5) is 0 Å². The Labute approximate surface area is 359 Å². The Morgan fingerprint density at radius 1 is 0.290 bits per heavy atom. The maximum absolute atomic E-state index is 6.52. The molecule has 62 heavy (non-hydrogen) atoms. The molecule has 4 heteroatoms. The zero-order valence-electron chi connectivity index (χ0n) is 33.6. The van der Waals surface area contributed by atoms with Crippen molar-refractivity contribution in [1.82, 2.24) is 15.0 Å². The van der Waals surface area contributed by atoms with Crippen LogP contribution in [-0.2, 0) is 5.41 Å². The first-order chi connectivity index (χ1) is 30.7. The first-order valence-corrected chi connectivity index (χ1v) is 21.0. The highest BCUT2D eigenvalue weighted by Crippen LogP contribution is 2.56. The van der Waals surface area contributed by atoms with Gasteiger partial charge in [0.25, 0.3) is 0 Å². The van der Waals surface area contributed by atoms with Crippen LogP contribution in [0, 0.1) is 0 Å². The topological polar surface area (TPSA) is 51.8 Å². The predicted molar refractivity (Wildman–Crippen MR) is 252 cm³/mol. The van der Waals surface area contributed by atoms with Gasteiger partial charge in [-0.05, 0) is 73.8 Å². The van der Waals surface area contributed by atoms with Crippen LogP contribution in [0.1, 0.15) is 22.3 Å². The minimum atomic E-state index is -0.604. The Kier molecular flexibility index (Phi) is 8.36. The maximum Gasteiger partial charge on any atom is 0.164 e. The number of aromatic nitrogens is 3. The van der Waals surface area contributed by atoms with Crippen LogP contribution in [0.5, 0.6) is 0 Å². The summed E-state index contributed by atoms with van der Waals surface area (Å²) in [5.41, 5.74) is 15.7. The largest absolute Gasteiger partial charge is 0.456 e. The molecule has 0 radical (unpaired) electrons. The maximum atomic E-state index is 6.52. The Morgan fingerprint density at radius 3 is 1.40 bits per heavy atom. The van der Waals surface area contributed by atoms with E-state index in [2.05, 4.69) is 200 Å². The second-order valence-electron chi connectivity index (χ2n) is 15.9. The summed E-state index contributed by atoms with van der Waals surface area (Å²) >= 11 is 0. The quantitative estimate of drug-likeness (QED) is 0.161. The summed E-state index contributed by atoms with van der Waals surface area (Å²) in [6, 6.07) is 79.3. The lowest BCUT2D eigenvalue weighted by Crippen LogP contribution is -2.28. The van der Waals surface area contributed by atoms with Gasteiger partial charge in [-0.25, -0.2) is 15.0 Å². The minimum absolute atomic E-state index is 0.604. The van der Waals surface area contributed by atoms with Crippen LogP contribution in [0.2, 0.25) is 0 Å². The van der Waals surface area contributed by atoms with E-state index in [1.54, 1.807) is 0 Å². The molecule has 1 aliphatic carbocycles. The molecule has 0 amide bonds. The highest BCUT2D eigenvalue weighted by atomic mass is 16.3. The molecular formula is C58H37N3O. The molecule has 0 N–H and O–H groups in total. The van der Waals surface area contributed by atoms with Gasteiger partial charge in [-0.1, -0.05) is 206 Å². The number of hydrogen-bond donors (Lipinski definition) is 0. The number of rotatable bonds is 7. The second-order valence-corrected chi connectivity index (χ2v) is 15.9. The molecule has 0 spiro atoms. The average Bonchev–Trinajstić information content (AvgIpc) is 3.88. The van der Waals surface area contributed by atoms with Crippen LogP contribution in [0.25, 0.3) is 89.5 Å². The van der Waals surface area contributed by atoms with Crippen molar-refractivity contribution in [2.75, 3.05) is 0 Å². The van der Waals surface area contributed by atoms with Gasteiger partial charge in [-0.2, -0.15) is 0 Å². The van der Waals surface area contributed by atoms with Crippen molar-refractivity contribution in [3.8, 4) is 67.5 Å². The van der Waals surface area contributed by atoms with Crippen LogP contribution < -0.4 is 0 Å². The summed E-state index contributed by atoms with van der Waals surface area (Å²) < 4.78 is 6.52. The lowest BCUT2D eigenvalue weighted by molar-refractivity contribution is 0.665. The summed E-state index contributed by atoms with van der Waals surface area (Å²) in [4.78, 5) is 15.5. The van der Waals surface area contributed by atoms with E-state index in [1.165, 1.54) is 22.3 Å². The molecule has 0 aliphatic heterocycles. The highest BCUT2D eigenvalue weighted by Gasteiger charge is 2.46. The van der Waals surface area contributed by atoms with E-state index in [0.29, 0.717) is 17.5 Å². The molecule has 12 rings (SSSR count). The van der Waals surface area contributed by atoms with Gasteiger partial charge in [-0.3, -0.25) is 0 Å². The van der Waals surface area contributed by atoms with Crippen LogP contribution in [0.15, 0.2) is 229 Å². The third kappa shape index (κ3) is 5.80. The molecule has 0 saturated heterocycles. The van der Waals surface area contributed by atoms with Crippen LogP contribution >= 0.6 is 0 Å². The monoisotopic (exact) mass is 791 g/mol. The molecule has 4 nitrogen and oxygen atoms in total. The smallest absolute Gasteiger partial charge is 0.164 e. The summed E-state index contributed by atoms with van der Waals surface area (Å²) in [5.74, 6) is 1.85. The fourth-order valence-corrected chi connectivity index (χ4v) is 9.53. The van der Waals surface area contributed by atoms with E-state index in [9.17, 15) is 0 Å². The third-order valence-electron chi connectivity index (χ3n) is 12.5. The molecule has 11 aromatic rings. The van der Waals surface area contributed by atoms with E-state index >= 15 is 0 Å². The zero-order chi connectivity index (χ0) is 41.0. The molecule has 2 aromatic heterocycles. The van der Waals surface area contributed by atoms with Gasteiger partial charge in [0.1, 0.15) is 11.2 Å². The van der Waals surface area contributed by atoms with Crippen molar-refractivity contribution in [3.63, 3.8) is 0 Å². The predicted octanol–water partition coefficient (Wildman–Crippen LogP) is 14.5. The van der Waals surface area contributed by atoms with E-state index in [-0.39, 0.29) is 0 Å². The van der Waals surface area contributed by atoms with Crippen molar-refractivity contribution < 1.29 is 4.42 Å². The summed E-state index contributed by atoms with van der Waals surface area (Å²) in [6.07, 6.45) is 0. The number of nitrogens with zero attached hydrogens (tertiary/aromatic N) is 3. The van der Waals surface area contributed by atoms with Gasteiger partial charge >= 0.3 is 0 Å². The molecule has 2 heterocycles. The Morgan fingerprint density at radius 2 is 0.742 bits per heavy atom. The van der Waals surface area contributed by atoms with Crippen molar-refractivity contribution in [3.05, 3.63) is 247 Å². The molecule has 9 aromatic carbocycles. The van der Waals surface area contributed by atoms with E-state index < -0.39 is 5.41 Å². The van der Waals surface area contributed by atoms with E-state index in [4.69, 9.17) is 19.4 Å². The van der Waals surface area contributed by atoms with Crippen molar-refractivity contribution >= 4 is 21.9 Å². The molecular weight excluding hydrogens is 755 g/mol. The molecule has 0 saturated carbocycles. The van der Waals surface area contributed by atoms with Crippen molar-refractivity contribution in [2.24, 2.45) is 0 Å². The first-order valence-electron chi connectivity index (χ1n) is 21.0. The van der Waals surface area contributed by atoms with Crippen LogP contribution in [0.3, 0.4) is 0 Å². The highest BCUT2D eigenvalue weighted by molar-refractivity contribution is 6.05. The molecule has 290 valence electrons. The number of furan rings is 1. The van der Waals surface area contributed by atoms with E-state index in [1.807, 2.05) is 24.3 Å². The SMILES string of the molecule is c1ccc(-c2ccc(-c3nc(-c4ccc(C5(c6ccc7c(c6)oc6ccccc67)c6ccccc6-c6ccccc65)cc4)nc(-c4cccc(-c5ccccc5)c4)n3)cc2)cc1. The van der Waals surface area contributed by atoms with Crippen molar-refractivity contribution in [2.45, 2.75) is 5.41 Å². The van der Waals surface area contributed by atoms with Crippen LogP contribution in [-0.4, -0.2) is 15.0 Å². The third-order valence-corrected chi connectivity index (χ3v) is 12.5. The van der Waals surface area contributed by atoms with Gasteiger partial charge in [0.15, 0.2) is 17.5 Å². The second kappa shape index (κ2) is 14.5. The molecule has 0 bridgehead atoms. The molecule has 0 fully saturated rings. The molecule has 0 unspecified atom stereocenters. The lowest BCUT2D eigenvalue weighted by Gasteiger charge is -2.34. The lowest BCUT2D eigenvalue weighted by atomic mass is 9.67. The summed E-state index contributed by atoms with van der Waals surface area (Å²) in [5, 5.41) is 2.23.